The zero-order valence-electron chi connectivity index (χ0n) is 10.1. The highest BCUT2D eigenvalue weighted by Gasteiger charge is 2.12. The van der Waals surface area contributed by atoms with Crippen molar-refractivity contribution >= 4 is 11.4 Å². The Hall–Kier alpha value is -1.69. The van der Waals surface area contributed by atoms with Crippen LogP contribution >= 0.6 is 0 Å². The smallest absolute Gasteiger partial charge is 0.101 e. The fraction of sp³-hybridized carbons (Fsp3) is 0.500. The number of nitrogens with zero attached hydrogens (tertiary/aromatic N) is 1. The summed E-state index contributed by atoms with van der Waals surface area (Å²) in [6, 6.07) is 7.63. The van der Waals surface area contributed by atoms with Gasteiger partial charge in [-0.1, -0.05) is 19.3 Å². The van der Waals surface area contributed by atoms with E-state index in [0.29, 0.717) is 11.3 Å². The van der Waals surface area contributed by atoms with Gasteiger partial charge in [-0.15, -0.1) is 0 Å². The van der Waals surface area contributed by atoms with Gasteiger partial charge in [0.25, 0.3) is 0 Å². The van der Waals surface area contributed by atoms with Crippen LogP contribution in [0.3, 0.4) is 0 Å². The number of nitriles is 1. The van der Waals surface area contributed by atoms with Crippen LogP contribution in [0.25, 0.3) is 0 Å². The molecule has 0 bridgehead atoms. The third-order valence-corrected chi connectivity index (χ3v) is 3.49. The van der Waals surface area contributed by atoms with Gasteiger partial charge >= 0.3 is 0 Å². The molecule has 0 unspecified atom stereocenters. The number of anilines is 2. The summed E-state index contributed by atoms with van der Waals surface area (Å²) in [5, 5.41) is 12.2. The second kappa shape index (κ2) is 5.58. The molecule has 0 amide bonds. The van der Waals surface area contributed by atoms with E-state index in [1.807, 2.05) is 12.1 Å². The lowest BCUT2D eigenvalue weighted by Crippen LogP contribution is -2.17. The second-order valence-corrected chi connectivity index (χ2v) is 4.80. The third kappa shape index (κ3) is 3.13. The van der Waals surface area contributed by atoms with Gasteiger partial charge in [0, 0.05) is 12.2 Å². The summed E-state index contributed by atoms with van der Waals surface area (Å²) in [5.74, 6) is 0.792. The van der Waals surface area contributed by atoms with E-state index in [0.717, 1.165) is 18.2 Å². The standard InChI is InChI=1S/C14H19N3/c15-9-12-6-7-13(8-14(12)16)17-10-11-4-2-1-3-5-11/h6-8,11,17H,1-5,10,16H2. The van der Waals surface area contributed by atoms with Crippen LogP contribution in [0.4, 0.5) is 11.4 Å². The summed E-state index contributed by atoms with van der Waals surface area (Å²) < 4.78 is 0. The maximum atomic E-state index is 8.79. The highest BCUT2D eigenvalue weighted by atomic mass is 14.9. The van der Waals surface area contributed by atoms with Crippen molar-refractivity contribution in [3.8, 4) is 6.07 Å². The van der Waals surface area contributed by atoms with Gasteiger partial charge in [0.1, 0.15) is 6.07 Å². The molecule has 1 saturated carbocycles. The fourth-order valence-electron chi connectivity index (χ4n) is 2.43. The molecule has 0 radical (unpaired) electrons. The van der Waals surface area contributed by atoms with E-state index in [1.165, 1.54) is 32.1 Å². The summed E-state index contributed by atoms with van der Waals surface area (Å²) >= 11 is 0. The van der Waals surface area contributed by atoms with Crippen LogP contribution in [0.15, 0.2) is 18.2 Å². The number of hydrogen-bond acceptors (Lipinski definition) is 3. The topological polar surface area (TPSA) is 61.8 Å². The van der Waals surface area contributed by atoms with Crippen LogP contribution in [0.2, 0.25) is 0 Å². The quantitative estimate of drug-likeness (QED) is 0.783. The Morgan fingerprint density at radius 2 is 2.06 bits per heavy atom. The molecule has 90 valence electrons. The fourth-order valence-corrected chi connectivity index (χ4v) is 2.43. The lowest BCUT2D eigenvalue weighted by Gasteiger charge is -2.22. The minimum absolute atomic E-state index is 0.549. The summed E-state index contributed by atoms with van der Waals surface area (Å²) in [4.78, 5) is 0. The molecular formula is C14H19N3. The second-order valence-electron chi connectivity index (χ2n) is 4.80. The first-order valence-corrected chi connectivity index (χ1v) is 6.33. The first-order valence-electron chi connectivity index (χ1n) is 6.33. The Labute approximate surface area is 103 Å². The molecule has 0 saturated heterocycles. The number of nitrogens with one attached hydrogen (secondary N) is 1. The number of nitrogens with two attached hydrogens (primary N) is 1. The maximum Gasteiger partial charge on any atom is 0.101 e. The number of rotatable bonds is 3. The van der Waals surface area contributed by atoms with E-state index in [1.54, 1.807) is 6.07 Å². The molecule has 0 aliphatic heterocycles. The van der Waals surface area contributed by atoms with Crippen molar-refractivity contribution in [2.45, 2.75) is 32.1 Å². The van der Waals surface area contributed by atoms with Crippen LogP contribution < -0.4 is 11.1 Å². The minimum Gasteiger partial charge on any atom is -0.398 e. The van der Waals surface area contributed by atoms with Crippen LogP contribution in [-0.4, -0.2) is 6.54 Å². The Morgan fingerprint density at radius 1 is 1.29 bits per heavy atom. The zero-order valence-corrected chi connectivity index (χ0v) is 10.1. The molecule has 0 atom stereocenters. The van der Waals surface area contributed by atoms with Gasteiger partial charge < -0.3 is 11.1 Å². The molecule has 1 fully saturated rings. The molecule has 0 aromatic heterocycles. The normalized spacial score (nSPS) is 16.4. The largest absolute Gasteiger partial charge is 0.398 e. The monoisotopic (exact) mass is 229 g/mol. The molecule has 2 rings (SSSR count). The van der Waals surface area contributed by atoms with E-state index in [9.17, 15) is 0 Å². The van der Waals surface area contributed by atoms with Crippen LogP contribution in [0.1, 0.15) is 37.7 Å². The molecule has 1 aliphatic rings. The maximum absolute atomic E-state index is 8.79. The molecule has 0 heterocycles. The Morgan fingerprint density at radius 3 is 2.71 bits per heavy atom. The van der Waals surface area contributed by atoms with Crippen molar-refractivity contribution < 1.29 is 0 Å². The Kier molecular flexibility index (Phi) is 3.87. The van der Waals surface area contributed by atoms with Crippen molar-refractivity contribution in [1.29, 1.82) is 5.26 Å². The molecule has 3 N–H and O–H groups in total. The molecule has 3 heteroatoms. The molecule has 1 aromatic rings. The van der Waals surface area contributed by atoms with Gasteiger partial charge in [-0.3, -0.25) is 0 Å². The molecule has 1 aliphatic carbocycles. The summed E-state index contributed by atoms with van der Waals surface area (Å²) in [6.45, 7) is 1.02. The lowest BCUT2D eigenvalue weighted by atomic mass is 9.89. The van der Waals surface area contributed by atoms with E-state index < -0.39 is 0 Å². The first kappa shape index (κ1) is 11.8. The van der Waals surface area contributed by atoms with Gasteiger partial charge in [-0.05, 0) is 37.0 Å². The minimum atomic E-state index is 0.549. The van der Waals surface area contributed by atoms with Crippen molar-refractivity contribution in [2.24, 2.45) is 5.92 Å². The molecule has 0 spiro atoms. The van der Waals surface area contributed by atoms with Crippen molar-refractivity contribution in [2.75, 3.05) is 17.6 Å². The summed E-state index contributed by atoms with van der Waals surface area (Å²) in [6.07, 6.45) is 6.78. The average molecular weight is 229 g/mol. The highest BCUT2D eigenvalue weighted by Crippen LogP contribution is 2.24. The molecular weight excluding hydrogens is 210 g/mol. The van der Waals surface area contributed by atoms with E-state index in [4.69, 9.17) is 11.0 Å². The van der Waals surface area contributed by atoms with E-state index in [-0.39, 0.29) is 0 Å². The van der Waals surface area contributed by atoms with E-state index >= 15 is 0 Å². The first-order chi connectivity index (χ1) is 8.29. The van der Waals surface area contributed by atoms with Gasteiger partial charge in [-0.2, -0.15) is 5.26 Å². The van der Waals surface area contributed by atoms with Crippen molar-refractivity contribution in [3.05, 3.63) is 23.8 Å². The Bertz CT molecular complexity index is 414. The molecule has 3 nitrogen and oxygen atoms in total. The summed E-state index contributed by atoms with van der Waals surface area (Å²) in [7, 11) is 0. The number of benzene rings is 1. The molecule has 17 heavy (non-hydrogen) atoms. The van der Waals surface area contributed by atoms with Crippen LogP contribution in [0.5, 0.6) is 0 Å². The van der Waals surface area contributed by atoms with Gasteiger partial charge in [0.15, 0.2) is 0 Å². The predicted octanol–water partition coefficient (Wildman–Crippen LogP) is 3.13. The number of hydrogen-bond donors (Lipinski definition) is 2. The average Bonchev–Trinajstić information content (AvgIpc) is 2.38. The van der Waals surface area contributed by atoms with Gasteiger partial charge in [0.2, 0.25) is 0 Å². The highest BCUT2D eigenvalue weighted by molar-refractivity contribution is 5.62. The lowest BCUT2D eigenvalue weighted by molar-refractivity contribution is 0.373. The summed E-state index contributed by atoms with van der Waals surface area (Å²) in [5.41, 5.74) is 7.90. The number of nitrogen functional groups attached to an aromatic ring is 1. The SMILES string of the molecule is N#Cc1ccc(NCC2CCCCC2)cc1N. The third-order valence-electron chi connectivity index (χ3n) is 3.49. The zero-order chi connectivity index (χ0) is 12.1. The molecule has 1 aromatic carbocycles. The van der Waals surface area contributed by atoms with Crippen LogP contribution in [-0.2, 0) is 0 Å². The Balaban J connectivity index is 1.90. The van der Waals surface area contributed by atoms with Crippen molar-refractivity contribution in [1.82, 2.24) is 0 Å². The predicted molar refractivity (Wildman–Crippen MR) is 70.6 cm³/mol. The van der Waals surface area contributed by atoms with Crippen molar-refractivity contribution in [3.63, 3.8) is 0 Å². The van der Waals surface area contributed by atoms with Crippen LogP contribution in [0, 0.1) is 17.2 Å². The van der Waals surface area contributed by atoms with E-state index in [2.05, 4.69) is 11.4 Å². The van der Waals surface area contributed by atoms with Gasteiger partial charge in [-0.25, -0.2) is 0 Å². The van der Waals surface area contributed by atoms with Gasteiger partial charge in [0.05, 0.1) is 11.3 Å².